The number of esters is 2. The van der Waals surface area contributed by atoms with Crippen molar-refractivity contribution in [1.82, 2.24) is 4.90 Å². The summed E-state index contributed by atoms with van der Waals surface area (Å²) in [6.07, 6.45) is 4.20. The van der Waals surface area contributed by atoms with Gasteiger partial charge < -0.3 is 29.5 Å². The van der Waals surface area contributed by atoms with Crippen molar-refractivity contribution >= 4 is 41.0 Å². The minimum atomic E-state index is -2.03. The number of carbonyl (C=O) groups is 5. The number of ether oxygens (including phenoxy) is 2. The number of methoxy groups -OCH3 is 1. The van der Waals surface area contributed by atoms with Crippen LogP contribution in [0.15, 0.2) is 54.6 Å². The lowest BCUT2D eigenvalue weighted by Crippen LogP contribution is -2.55. The number of unbranched alkanes of at least 4 members (excludes halogenated alkanes) is 1. The molecule has 2 aromatic rings. The van der Waals surface area contributed by atoms with Crippen molar-refractivity contribution in [3.05, 3.63) is 71.3 Å². The maximum Gasteiger partial charge on any atom is 0.305 e. The first-order valence-corrected chi connectivity index (χ1v) is 15.9. The van der Waals surface area contributed by atoms with Gasteiger partial charge in [0.15, 0.2) is 11.8 Å². The van der Waals surface area contributed by atoms with Gasteiger partial charge in [-0.05, 0) is 48.6 Å². The van der Waals surface area contributed by atoms with Crippen molar-refractivity contribution in [3.8, 4) is 0 Å². The van der Waals surface area contributed by atoms with E-state index in [1.54, 1.807) is 42.2 Å². The lowest BCUT2D eigenvalue weighted by molar-refractivity contribution is -0.154. The maximum absolute atomic E-state index is 14.0. The lowest BCUT2D eigenvalue weighted by atomic mass is 9.82. The molecule has 5 rings (SSSR count). The van der Waals surface area contributed by atoms with Gasteiger partial charge in [-0.2, -0.15) is 0 Å². The number of aliphatic hydroxyl groups is 2. The topological polar surface area (TPSA) is 154 Å². The van der Waals surface area contributed by atoms with Crippen LogP contribution in [0.2, 0.25) is 0 Å². The highest BCUT2D eigenvalue weighted by Crippen LogP contribution is 2.47. The second-order valence-electron chi connectivity index (χ2n) is 12.2. The third-order valence-corrected chi connectivity index (χ3v) is 9.24. The number of amides is 3. The Morgan fingerprint density at radius 1 is 1.09 bits per heavy atom. The predicted molar refractivity (Wildman–Crippen MR) is 171 cm³/mol. The van der Waals surface area contributed by atoms with Gasteiger partial charge in [-0.25, -0.2) is 0 Å². The molecular formula is C35H41N3O9. The van der Waals surface area contributed by atoms with Crippen molar-refractivity contribution in [2.75, 3.05) is 30.1 Å². The van der Waals surface area contributed by atoms with Gasteiger partial charge in [-0.1, -0.05) is 43.3 Å². The summed E-state index contributed by atoms with van der Waals surface area (Å²) in [5.41, 5.74) is 1.22. The average Bonchev–Trinajstić information content (AvgIpc) is 3.27. The Labute approximate surface area is 273 Å². The van der Waals surface area contributed by atoms with E-state index in [0.29, 0.717) is 37.2 Å². The van der Waals surface area contributed by atoms with Crippen LogP contribution in [0, 0.1) is 5.92 Å². The number of hydrogen-bond donors (Lipinski definition) is 2. The first kappa shape index (κ1) is 33.8. The fourth-order valence-electron chi connectivity index (χ4n) is 6.60. The number of aliphatic hydroxyl groups excluding tert-OH is 1. The number of carbonyl (C=O) groups excluding carboxylic acids is 5. The van der Waals surface area contributed by atoms with Gasteiger partial charge in [0.25, 0.3) is 5.91 Å². The van der Waals surface area contributed by atoms with Crippen molar-refractivity contribution in [1.29, 1.82) is 0 Å². The summed E-state index contributed by atoms with van der Waals surface area (Å²) in [5.74, 6) is -2.69. The van der Waals surface area contributed by atoms with Crippen molar-refractivity contribution in [2.45, 2.75) is 76.8 Å². The highest BCUT2D eigenvalue weighted by atomic mass is 16.6. The van der Waals surface area contributed by atoms with Crippen LogP contribution in [0.1, 0.15) is 62.6 Å². The summed E-state index contributed by atoms with van der Waals surface area (Å²) in [7, 11) is 1.31. The molecule has 0 radical (unpaired) electrons. The summed E-state index contributed by atoms with van der Waals surface area (Å²) < 4.78 is 9.97. The third kappa shape index (κ3) is 6.66. The molecular weight excluding hydrogens is 606 g/mol. The molecule has 0 bridgehead atoms. The molecule has 12 nitrogen and oxygen atoms in total. The van der Waals surface area contributed by atoms with Crippen LogP contribution in [0.3, 0.4) is 0 Å². The summed E-state index contributed by atoms with van der Waals surface area (Å²) in [6.45, 7) is 3.39. The molecule has 2 aromatic carbocycles. The molecule has 0 aromatic heterocycles. The number of β-lactam (4-membered cyclic amide) rings is 1. The fraction of sp³-hybridized carbons (Fsp3) is 0.457. The molecule has 3 aliphatic rings. The van der Waals surface area contributed by atoms with Crippen LogP contribution in [-0.4, -0.2) is 77.3 Å². The minimum Gasteiger partial charge on any atom is -0.469 e. The Kier molecular flexibility index (Phi) is 10.1. The zero-order valence-electron chi connectivity index (χ0n) is 26.9. The van der Waals surface area contributed by atoms with Crippen molar-refractivity contribution < 1.29 is 43.7 Å². The summed E-state index contributed by atoms with van der Waals surface area (Å²) in [6, 6.07) is 12.3. The molecule has 3 amide bonds. The molecule has 4 atom stereocenters. The first-order chi connectivity index (χ1) is 22.5. The van der Waals surface area contributed by atoms with Crippen LogP contribution in [0.5, 0.6) is 0 Å². The second-order valence-corrected chi connectivity index (χ2v) is 12.2. The molecule has 1 saturated heterocycles. The molecule has 12 heteroatoms. The Bertz CT molecular complexity index is 1590. The van der Waals surface area contributed by atoms with Crippen LogP contribution >= 0.6 is 0 Å². The zero-order chi connectivity index (χ0) is 33.9. The smallest absolute Gasteiger partial charge is 0.305 e. The zero-order valence-corrected chi connectivity index (χ0v) is 26.9. The molecule has 250 valence electrons. The molecule has 0 aliphatic carbocycles. The average molecular weight is 648 g/mol. The number of nitrogens with zero attached hydrogens (tertiary/aromatic N) is 3. The summed E-state index contributed by atoms with van der Waals surface area (Å²) in [5, 5.41) is 22.2. The van der Waals surface area contributed by atoms with E-state index in [1.807, 2.05) is 24.3 Å². The largest absolute Gasteiger partial charge is 0.469 e. The highest BCUT2D eigenvalue weighted by molar-refractivity contribution is 6.08. The van der Waals surface area contributed by atoms with E-state index in [2.05, 4.69) is 0 Å². The van der Waals surface area contributed by atoms with Gasteiger partial charge in [0, 0.05) is 50.0 Å². The number of benzene rings is 2. The van der Waals surface area contributed by atoms with Gasteiger partial charge >= 0.3 is 11.9 Å². The number of fused-ring (bicyclic) bond motifs is 2. The van der Waals surface area contributed by atoms with Crippen molar-refractivity contribution in [2.24, 2.45) is 5.92 Å². The van der Waals surface area contributed by atoms with E-state index in [1.165, 1.54) is 23.8 Å². The maximum atomic E-state index is 14.0. The molecule has 47 heavy (non-hydrogen) atoms. The van der Waals surface area contributed by atoms with E-state index in [-0.39, 0.29) is 61.8 Å². The Balaban J connectivity index is 1.37. The van der Waals surface area contributed by atoms with E-state index in [4.69, 9.17) is 9.47 Å². The Hall–Kier alpha value is -4.55. The number of anilines is 2. The van der Waals surface area contributed by atoms with Gasteiger partial charge in [0.2, 0.25) is 11.8 Å². The SMILES string of the molecule is COC(=O)CCCCN1C(=O)[C@@](O)([C@@H](C)/C=C/CC(=O)N2Cc3ccccc3C[C@H]2CO)c2cc(N3C(=O)CC3OC(C)=O)ccc21. The molecule has 0 spiro atoms. The van der Waals surface area contributed by atoms with E-state index < -0.39 is 29.6 Å². The monoisotopic (exact) mass is 647 g/mol. The molecule has 0 saturated carbocycles. The molecule has 1 unspecified atom stereocenters. The first-order valence-electron chi connectivity index (χ1n) is 15.9. The van der Waals surface area contributed by atoms with Crippen LogP contribution < -0.4 is 9.80 Å². The second kappa shape index (κ2) is 14.1. The Morgan fingerprint density at radius 3 is 2.51 bits per heavy atom. The Morgan fingerprint density at radius 2 is 1.83 bits per heavy atom. The lowest BCUT2D eigenvalue weighted by Gasteiger charge is -2.39. The molecule has 2 N–H and O–H groups in total. The third-order valence-electron chi connectivity index (χ3n) is 9.24. The highest BCUT2D eigenvalue weighted by Gasteiger charge is 2.53. The van der Waals surface area contributed by atoms with Crippen molar-refractivity contribution in [3.63, 3.8) is 0 Å². The standard InChI is InChI=1S/C35H41N3O9/c1-22(9-8-12-30(41)37-20-25-11-5-4-10-24(25)17-27(37)21-39)35(45)28-18-26(38-31(42)19-32(38)47-23(2)40)14-15-29(28)36(34(35)44)16-7-6-13-33(43)46-3/h4-5,8-11,14-15,18,22,27,32,39,45H,6-7,12-13,16-17,19-21H2,1-3H3/b9-8+/t22-,27-,32?,35+/m0/s1. The normalized spacial score (nSPS) is 22.5. The predicted octanol–water partition coefficient (Wildman–Crippen LogP) is 2.72. The summed E-state index contributed by atoms with van der Waals surface area (Å²) in [4.78, 5) is 67.5. The van der Waals surface area contributed by atoms with Crippen LogP contribution in [0.25, 0.3) is 0 Å². The number of hydrogen-bond acceptors (Lipinski definition) is 9. The van der Waals surface area contributed by atoms with E-state index in [9.17, 15) is 34.2 Å². The quantitative estimate of drug-likeness (QED) is 0.153. The number of rotatable bonds is 12. The van der Waals surface area contributed by atoms with Crippen LogP contribution in [0.4, 0.5) is 11.4 Å². The van der Waals surface area contributed by atoms with Gasteiger partial charge in [-0.3, -0.25) is 28.9 Å². The van der Waals surface area contributed by atoms with Crippen LogP contribution in [-0.2, 0) is 52.0 Å². The summed E-state index contributed by atoms with van der Waals surface area (Å²) >= 11 is 0. The minimum absolute atomic E-state index is 0.00373. The fourth-order valence-corrected chi connectivity index (χ4v) is 6.60. The molecule has 1 fully saturated rings. The molecule has 3 heterocycles. The van der Waals surface area contributed by atoms with Gasteiger partial charge in [-0.15, -0.1) is 0 Å². The van der Waals surface area contributed by atoms with Gasteiger partial charge in [0.05, 0.1) is 31.9 Å². The van der Waals surface area contributed by atoms with E-state index >= 15 is 0 Å². The van der Waals surface area contributed by atoms with Gasteiger partial charge in [0.1, 0.15) is 0 Å². The molecule has 3 aliphatic heterocycles. The van der Waals surface area contributed by atoms with E-state index in [0.717, 1.165) is 11.1 Å².